The zero-order valence-corrected chi connectivity index (χ0v) is 24.0. The molecule has 4 fully saturated rings. The lowest BCUT2D eigenvalue weighted by Gasteiger charge is -2.34. The van der Waals surface area contributed by atoms with Gasteiger partial charge in [0.2, 0.25) is 0 Å². The van der Waals surface area contributed by atoms with Crippen molar-refractivity contribution >= 4 is 27.5 Å². The van der Waals surface area contributed by atoms with Gasteiger partial charge in [-0.1, -0.05) is 25.1 Å². The molecular formula is C33H37FN6O2. The molecule has 218 valence electrons. The first-order valence-electron chi connectivity index (χ1n) is 15.6. The number of fused-ring (bicyclic) bond motifs is 5. The van der Waals surface area contributed by atoms with Gasteiger partial charge in [-0.15, -0.1) is 0 Å². The molecule has 4 saturated heterocycles. The number of nitrogens with zero attached hydrogens (tertiary/aromatic N) is 5. The van der Waals surface area contributed by atoms with E-state index in [1.54, 1.807) is 18.3 Å². The second-order valence-corrected chi connectivity index (χ2v) is 12.5. The first kappa shape index (κ1) is 26.1. The van der Waals surface area contributed by atoms with Crippen LogP contribution in [0.1, 0.15) is 51.0 Å². The van der Waals surface area contributed by atoms with Crippen LogP contribution in [-0.4, -0.2) is 75.4 Å². The number of anilines is 1. The Bertz CT molecular complexity index is 1670. The van der Waals surface area contributed by atoms with E-state index in [0.717, 1.165) is 61.7 Å². The van der Waals surface area contributed by atoms with Crippen molar-refractivity contribution in [2.24, 2.45) is 0 Å². The highest BCUT2D eigenvalue weighted by molar-refractivity contribution is 6.01. The lowest BCUT2D eigenvalue weighted by Crippen LogP contribution is -2.51. The van der Waals surface area contributed by atoms with Gasteiger partial charge in [0.05, 0.1) is 5.39 Å². The van der Waals surface area contributed by atoms with Crippen molar-refractivity contribution in [3.8, 4) is 23.0 Å². The fraction of sp³-hybridized carbons (Fsp3) is 0.485. The van der Waals surface area contributed by atoms with E-state index in [4.69, 9.17) is 14.7 Å². The van der Waals surface area contributed by atoms with E-state index in [-0.39, 0.29) is 23.0 Å². The van der Waals surface area contributed by atoms with Crippen molar-refractivity contribution in [1.82, 2.24) is 25.2 Å². The van der Waals surface area contributed by atoms with Crippen LogP contribution in [-0.2, 0) is 6.42 Å². The normalized spacial score (nSPS) is 25.5. The van der Waals surface area contributed by atoms with E-state index < -0.39 is 5.82 Å². The van der Waals surface area contributed by atoms with Crippen LogP contribution in [0.2, 0.25) is 0 Å². The molecule has 4 aromatic rings. The number of hydrogen-bond acceptors (Lipinski definition) is 8. The molecule has 3 unspecified atom stereocenters. The molecule has 2 aromatic carbocycles. The van der Waals surface area contributed by atoms with Gasteiger partial charge in [0.1, 0.15) is 29.4 Å². The Balaban J connectivity index is 1.24. The lowest BCUT2D eigenvalue weighted by atomic mass is 9.95. The van der Waals surface area contributed by atoms with Gasteiger partial charge in [0.15, 0.2) is 5.82 Å². The summed E-state index contributed by atoms with van der Waals surface area (Å²) in [5, 5.41) is 16.6. The zero-order valence-electron chi connectivity index (χ0n) is 24.0. The van der Waals surface area contributed by atoms with Crippen LogP contribution in [0, 0.1) is 5.82 Å². The first-order chi connectivity index (χ1) is 20.6. The van der Waals surface area contributed by atoms with Crippen LogP contribution >= 0.6 is 0 Å². The highest BCUT2D eigenvalue weighted by Gasteiger charge is 2.37. The van der Waals surface area contributed by atoms with Crippen LogP contribution in [0.3, 0.4) is 0 Å². The second-order valence-electron chi connectivity index (χ2n) is 12.5. The van der Waals surface area contributed by atoms with E-state index in [2.05, 4.69) is 27.0 Å². The number of aromatic nitrogens is 3. The number of aryl methyl sites for hydroxylation is 1. The Morgan fingerprint density at radius 1 is 1.07 bits per heavy atom. The number of aromatic hydroxyl groups is 1. The molecule has 8 rings (SSSR count). The summed E-state index contributed by atoms with van der Waals surface area (Å²) >= 11 is 0. The maximum absolute atomic E-state index is 16.7. The third kappa shape index (κ3) is 4.36. The van der Waals surface area contributed by atoms with Gasteiger partial charge in [-0.3, -0.25) is 9.88 Å². The smallest absolute Gasteiger partial charge is 0.319 e. The summed E-state index contributed by atoms with van der Waals surface area (Å²) in [6.07, 6.45) is 9.57. The number of pyridine rings is 1. The monoisotopic (exact) mass is 568 g/mol. The molecule has 2 N–H and O–H groups in total. The Morgan fingerprint density at radius 3 is 2.76 bits per heavy atom. The van der Waals surface area contributed by atoms with E-state index >= 15 is 4.39 Å². The van der Waals surface area contributed by atoms with Gasteiger partial charge in [0.25, 0.3) is 0 Å². The minimum atomic E-state index is -0.516. The van der Waals surface area contributed by atoms with Crippen LogP contribution < -0.4 is 15.0 Å². The van der Waals surface area contributed by atoms with Crippen molar-refractivity contribution < 1.29 is 14.2 Å². The number of benzene rings is 2. The number of phenolic OH excluding ortho intramolecular Hbond substituents is 1. The fourth-order valence-electron chi connectivity index (χ4n) is 8.01. The van der Waals surface area contributed by atoms with Crippen LogP contribution in [0.4, 0.5) is 10.2 Å². The molecule has 2 bridgehead atoms. The molecule has 2 aromatic heterocycles. The second kappa shape index (κ2) is 10.3. The maximum Gasteiger partial charge on any atom is 0.319 e. The molecule has 42 heavy (non-hydrogen) atoms. The Morgan fingerprint density at radius 2 is 1.93 bits per heavy atom. The molecule has 0 spiro atoms. The van der Waals surface area contributed by atoms with E-state index in [0.29, 0.717) is 47.5 Å². The number of nitrogens with one attached hydrogen (secondary N) is 1. The number of ether oxygens (including phenoxy) is 1. The third-order valence-corrected chi connectivity index (χ3v) is 9.97. The first-order valence-corrected chi connectivity index (χ1v) is 15.6. The standard InChI is InChI=1S/C33H37FN6O2/c1-2-19-5-3-6-20-13-25(41)14-26(28(19)20)30-29(34)31-27(15-35-30)32(39-16-21-8-9-22(17-39)36-21)38-33(37-31)42-18-24-11-10-23-7-4-12-40(23)24/h3,5-6,13-15,21-24,36,41H,2,4,7-12,16-18H2,1H3/t21?,22?,23?,24-/m0/s1. The summed E-state index contributed by atoms with van der Waals surface area (Å²) in [5.41, 5.74) is 2.03. The van der Waals surface area contributed by atoms with Gasteiger partial charge in [0, 0.05) is 49.0 Å². The van der Waals surface area contributed by atoms with Crippen molar-refractivity contribution in [3.05, 3.63) is 47.9 Å². The summed E-state index contributed by atoms with van der Waals surface area (Å²) in [6, 6.07) is 11.3. The third-order valence-electron chi connectivity index (χ3n) is 9.97. The molecule has 0 radical (unpaired) electrons. The molecular weight excluding hydrogens is 531 g/mol. The summed E-state index contributed by atoms with van der Waals surface area (Å²) in [6.45, 7) is 5.31. The molecule has 0 amide bonds. The number of piperazine rings is 1. The predicted octanol–water partition coefficient (Wildman–Crippen LogP) is 5.20. The number of phenols is 1. The average Bonchev–Trinajstić information content (AvgIpc) is 3.71. The molecule has 4 aliphatic heterocycles. The predicted molar refractivity (Wildman–Crippen MR) is 162 cm³/mol. The zero-order chi connectivity index (χ0) is 28.4. The van der Waals surface area contributed by atoms with E-state index in [9.17, 15) is 5.11 Å². The van der Waals surface area contributed by atoms with Gasteiger partial charge < -0.3 is 20.1 Å². The average molecular weight is 569 g/mol. The van der Waals surface area contributed by atoms with Crippen molar-refractivity contribution in [1.29, 1.82) is 0 Å². The SMILES string of the molecule is CCc1cccc2cc(O)cc(-c3ncc4c(N5CC6CCC(C5)N6)nc(OC[C@@H]5CCC6CCCN65)nc4c3F)c12. The molecule has 6 heterocycles. The number of rotatable bonds is 6. The highest BCUT2D eigenvalue weighted by Crippen LogP contribution is 2.39. The molecule has 0 saturated carbocycles. The van der Waals surface area contributed by atoms with Gasteiger partial charge in [-0.2, -0.15) is 9.97 Å². The van der Waals surface area contributed by atoms with Gasteiger partial charge >= 0.3 is 6.01 Å². The maximum atomic E-state index is 16.7. The molecule has 4 atom stereocenters. The minimum Gasteiger partial charge on any atom is -0.508 e. The molecule has 9 heteroatoms. The minimum absolute atomic E-state index is 0.0764. The lowest BCUT2D eigenvalue weighted by molar-refractivity contribution is 0.161. The van der Waals surface area contributed by atoms with Crippen molar-refractivity contribution in [2.75, 3.05) is 31.1 Å². The topological polar surface area (TPSA) is 86.6 Å². The number of hydrogen-bond donors (Lipinski definition) is 2. The summed E-state index contributed by atoms with van der Waals surface area (Å²) in [7, 11) is 0. The quantitative estimate of drug-likeness (QED) is 0.328. The van der Waals surface area contributed by atoms with Crippen LogP contribution in [0.25, 0.3) is 32.9 Å². The van der Waals surface area contributed by atoms with Crippen LogP contribution in [0.5, 0.6) is 11.8 Å². The van der Waals surface area contributed by atoms with E-state index in [1.165, 1.54) is 19.3 Å². The Labute approximate surface area is 244 Å². The Kier molecular flexibility index (Phi) is 6.41. The Hall–Kier alpha value is -3.56. The largest absolute Gasteiger partial charge is 0.508 e. The summed E-state index contributed by atoms with van der Waals surface area (Å²) < 4.78 is 23.0. The number of halogens is 1. The molecule has 8 nitrogen and oxygen atoms in total. The molecule has 4 aliphatic rings. The summed E-state index contributed by atoms with van der Waals surface area (Å²) in [4.78, 5) is 19.1. The fourth-order valence-corrected chi connectivity index (χ4v) is 8.01. The summed E-state index contributed by atoms with van der Waals surface area (Å²) in [5.74, 6) is 0.247. The van der Waals surface area contributed by atoms with Crippen molar-refractivity contribution in [2.45, 2.75) is 76.0 Å². The molecule has 0 aliphatic carbocycles. The van der Waals surface area contributed by atoms with Crippen molar-refractivity contribution in [3.63, 3.8) is 0 Å². The van der Waals surface area contributed by atoms with Gasteiger partial charge in [-0.25, -0.2) is 4.39 Å². The van der Waals surface area contributed by atoms with Crippen LogP contribution in [0.15, 0.2) is 36.5 Å². The highest BCUT2D eigenvalue weighted by atomic mass is 19.1. The van der Waals surface area contributed by atoms with Gasteiger partial charge in [-0.05, 0) is 80.0 Å². The van der Waals surface area contributed by atoms with E-state index in [1.807, 2.05) is 18.2 Å².